The van der Waals surface area contributed by atoms with E-state index in [0.717, 1.165) is 22.4 Å². The number of aromatic nitrogens is 1. The summed E-state index contributed by atoms with van der Waals surface area (Å²) in [5.74, 6) is 0.0126. The number of fused-ring (bicyclic) bond motifs is 1. The van der Waals surface area contributed by atoms with Crippen LogP contribution in [0.15, 0.2) is 24.4 Å². The Morgan fingerprint density at radius 1 is 1.32 bits per heavy atom. The van der Waals surface area contributed by atoms with E-state index in [1.54, 1.807) is 12.3 Å². The Labute approximate surface area is 120 Å². The van der Waals surface area contributed by atoms with Crippen molar-refractivity contribution in [2.24, 2.45) is 0 Å². The number of hydrogen-bond donors (Lipinski definition) is 1. The summed E-state index contributed by atoms with van der Waals surface area (Å²) in [6, 6.07) is 5.60. The molecule has 0 aliphatic carbocycles. The molecule has 19 heavy (non-hydrogen) atoms. The number of anilines is 1. The molecule has 2 heterocycles. The van der Waals surface area contributed by atoms with Gasteiger partial charge in [0.05, 0.1) is 11.4 Å². The molecule has 0 atom stereocenters. The van der Waals surface area contributed by atoms with Crippen molar-refractivity contribution in [2.75, 3.05) is 5.32 Å². The number of rotatable bonds is 1. The third-order valence-electron chi connectivity index (χ3n) is 3.18. The maximum atomic E-state index is 11.5. The van der Waals surface area contributed by atoms with Gasteiger partial charge in [-0.15, -0.1) is 0 Å². The Morgan fingerprint density at radius 2 is 2.11 bits per heavy atom. The lowest BCUT2D eigenvalue weighted by Gasteiger charge is -2.10. The molecule has 2 aromatic rings. The number of carbonyl (C=O) groups excluding carboxylic acids is 1. The monoisotopic (exact) mass is 292 g/mol. The van der Waals surface area contributed by atoms with E-state index in [0.29, 0.717) is 22.2 Å². The summed E-state index contributed by atoms with van der Waals surface area (Å²) < 4.78 is 0. The number of nitrogens with zero attached hydrogens (tertiary/aromatic N) is 1. The van der Waals surface area contributed by atoms with Gasteiger partial charge in [0, 0.05) is 17.4 Å². The summed E-state index contributed by atoms with van der Waals surface area (Å²) in [4.78, 5) is 15.5. The van der Waals surface area contributed by atoms with Gasteiger partial charge in [-0.25, -0.2) is 4.98 Å². The fraction of sp³-hybridized carbons (Fsp3) is 0.143. The molecule has 96 valence electrons. The van der Waals surface area contributed by atoms with Crippen molar-refractivity contribution in [3.8, 4) is 11.1 Å². The van der Waals surface area contributed by atoms with E-state index in [4.69, 9.17) is 23.2 Å². The van der Waals surface area contributed by atoms with Crippen LogP contribution in [0.2, 0.25) is 10.2 Å². The van der Waals surface area contributed by atoms with Crippen LogP contribution < -0.4 is 5.32 Å². The molecule has 0 spiro atoms. The molecular weight excluding hydrogens is 283 g/mol. The Hall–Kier alpha value is -1.58. The van der Waals surface area contributed by atoms with E-state index in [-0.39, 0.29) is 5.91 Å². The summed E-state index contributed by atoms with van der Waals surface area (Å²) in [5, 5.41) is 3.77. The quantitative estimate of drug-likeness (QED) is 0.811. The molecule has 1 aliphatic rings. The van der Waals surface area contributed by atoms with Gasteiger partial charge in [-0.1, -0.05) is 23.2 Å². The second-order valence-electron chi connectivity index (χ2n) is 4.51. The number of benzene rings is 1. The molecule has 0 saturated heterocycles. The van der Waals surface area contributed by atoms with E-state index in [9.17, 15) is 4.79 Å². The highest BCUT2D eigenvalue weighted by molar-refractivity contribution is 6.38. The van der Waals surface area contributed by atoms with E-state index in [2.05, 4.69) is 10.3 Å². The van der Waals surface area contributed by atoms with Crippen molar-refractivity contribution in [3.63, 3.8) is 0 Å². The summed E-state index contributed by atoms with van der Waals surface area (Å²) in [6.45, 7) is 1.95. The normalized spacial score (nSPS) is 13.3. The topological polar surface area (TPSA) is 42.0 Å². The van der Waals surface area contributed by atoms with Gasteiger partial charge in [0.15, 0.2) is 0 Å². The first-order valence-corrected chi connectivity index (χ1v) is 6.55. The highest BCUT2D eigenvalue weighted by Gasteiger charge is 2.21. The molecule has 3 rings (SSSR count). The van der Waals surface area contributed by atoms with Crippen LogP contribution in [-0.4, -0.2) is 10.9 Å². The Balaban J connectivity index is 2.21. The van der Waals surface area contributed by atoms with E-state index < -0.39 is 0 Å². The maximum absolute atomic E-state index is 11.5. The number of nitrogens with one attached hydrogen (secondary N) is 1. The molecule has 1 amide bonds. The van der Waals surface area contributed by atoms with Crippen molar-refractivity contribution in [3.05, 3.63) is 45.7 Å². The van der Waals surface area contributed by atoms with Gasteiger partial charge in [-0.05, 0) is 41.8 Å². The van der Waals surface area contributed by atoms with Crippen LogP contribution >= 0.6 is 23.2 Å². The minimum Gasteiger partial charge on any atom is -0.325 e. The van der Waals surface area contributed by atoms with Crippen molar-refractivity contribution < 1.29 is 4.79 Å². The molecular formula is C14H10Cl2N2O. The predicted molar refractivity (Wildman–Crippen MR) is 76.8 cm³/mol. The summed E-state index contributed by atoms with van der Waals surface area (Å²) >= 11 is 12.3. The summed E-state index contributed by atoms with van der Waals surface area (Å²) in [7, 11) is 0. The maximum Gasteiger partial charge on any atom is 0.228 e. The first-order valence-electron chi connectivity index (χ1n) is 5.80. The number of amides is 1. The minimum atomic E-state index is 0.0126. The third kappa shape index (κ3) is 2.09. The number of carbonyl (C=O) groups is 1. The number of hydrogen-bond acceptors (Lipinski definition) is 2. The molecule has 0 unspecified atom stereocenters. The Bertz CT molecular complexity index is 678. The lowest BCUT2D eigenvalue weighted by Crippen LogP contribution is -2.04. The zero-order valence-corrected chi connectivity index (χ0v) is 11.6. The third-order valence-corrected chi connectivity index (χ3v) is 3.78. The molecule has 1 N–H and O–H groups in total. The van der Waals surface area contributed by atoms with Crippen molar-refractivity contribution in [2.45, 2.75) is 13.3 Å². The van der Waals surface area contributed by atoms with Crippen LogP contribution in [0, 0.1) is 6.92 Å². The molecule has 5 heteroatoms. The average molecular weight is 293 g/mol. The van der Waals surface area contributed by atoms with E-state index in [1.807, 2.05) is 19.1 Å². The smallest absolute Gasteiger partial charge is 0.228 e. The second kappa shape index (κ2) is 4.51. The van der Waals surface area contributed by atoms with Crippen LogP contribution in [-0.2, 0) is 11.2 Å². The first-order chi connectivity index (χ1) is 9.06. The highest BCUT2D eigenvalue weighted by atomic mass is 35.5. The zero-order valence-electron chi connectivity index (χ0n) is 10.1. The fourth-order valence-electron chi connectivity index (χ4n) is 2.35. The largest absolute Gasteiger partial charge is 0.325 e. The van der Waals surface area contributed by atoms with Gasteiger partial charge in [0.1, 0.15) is 5.15 Å². The lowest BCUT2D eigenvalue weighted by molar-refractivity contribution is -0.115. The fourth-order valence-corrected chi connectivity index (χ4v) is 2.92. The highest BCUT2D eigenvalue weighted by Crippen LogP contribution is 2.37. The summed E-state index contributed by atoms with van der Waals surface area (Å²) in [5.41, 5.74) is 4.45. The molecule has 0 bridgehead atoms. The van der Waals surface area contributed by atoms with Gasteiger partial charge in [-0.2, -0.15) is 0 Å². The van der Waals surface area contributed by atoms with Crippen LogP contribution in [0.1, 0.15) is 11.1 Å². The van der Waals surface area contributed by atoms with Gasteiger partial charge < -0.3 is 5.32 Å². The van der Waals surface area contributed by atoms with Crippen molar-refractivity contribution in [1.29, 1.82) is 0 Å². The first kappa shape index (κ1) is 12.5. The van der Waals surface area contributed by atoms with E-state index in [1.165, 1.54) is 0 Å². The standard InChI is InChI=1S/C14H10Cl2N2O/c1-7-4-8(5-9-6-11(19)18-13(7)9)12-10(15)2-3-17-14(12)16/h2-5H,6H2,1H3,(H,18,19). The molecule has 0 fully saturated rings. The summed E-state index contributed by atoms with van der Waals surface area (Å²) in [6.07, 6.45) is 1.96. The molecule has 0 saturated carbocycles. The molecule has 0 radical (unpaired) electrons. The van der Waals surface area contributed by atoms with Crippen LogP contribution in [0.25, 0.3) is 11.1 Å². The second-order valence-corrected chi connectivity index (χ2v) is 5.28. The number of halogens is 2. The van der Waals surface area contributed by atoms with Gasteiger partial charge >= 0.3 is 0 Å². The van der Waals surface area contributed by atoms with E-state index >= 15 is 0 Å². The number of aryl methyl sites for hydroxylation is 1. The zero-order chi connectivity index (χ0) is 13.6. The van der Waals surface area contributed by atoms with Crippen LogP contribution in [0.5, 0.6) is 0 Å². The van der Waals surface area contributed by atoms with Crippen LogP contribution in [0.4, 0.5) is 5.69 Å². The van der Waals surface area contributed by atoms with Gasteiger partial charge in [0.25, 0.3) is 0 Å². The Morgan fingerprint density at radius 3 is 2.84 bits per heavy atom. The molecule has 1 aromatic carbocycles. The average Bonchev–Trinajstić information content (AvgIpc) is 2.70. The van der Waals surface area contributed by atoms with Gasteiger partial charge in [0.2, 0.25) is 5.91 Å². The molecule has 1 aliphatic heterocycles. The van der Waals surface area contributed by atoms with Crippen molar-refractivity contribution in [1.82, 2.24) is 4.98 Å². The lowest BCUT2D eigenvalue weighted by atomic mass is 9.99. The molecule has 1 aromatic heterocycles. The SMILES string of the molecule is Cc1cc(-c2c(Cl)ccnc2Cl)cc2c1NC(=O)C2. The molecule has 3 nitrogen and oxygen atoms in total. The Kier molecular flexibility index (Phi) is 2.96. The van der Waals surface area contributed by atoms with Gasteiger partial charge in [-0.3, -0.25) is 4.79 Å². The minimum absolute atomic E-state index is 0.0126. The van der Waals surface area contributed by atoms with Crippen LogP contribution in [0.3, 0.4) is 0 Å². The predicted octanol–water partition coefficient (Wildman–Crippen LogP) is 3.86. The number of pyridine rings is 1. The van der Waals surface area contributed by atoms with Crippen molar-refractivity contribution >= 4 is 34.8 Å².